The molecule has 2 N–H and O–H groups in total. The molecule has 1 saturated heterocycles. The van der Waals surface area contributed by atoms with Crippen LogP contribution in [0.5, 0.6) is 0 Å². The van der Waals surface area contributed by atoms with E-state index in [9.17, 15) is 18.3 Å². The smallest absolute Gasteiger partial charge is 0.410 e. The average Bonchev–Trinajstić information content (AvgIpc) is 3.17. The summed E-state index contributed by atoms with van der Waals surface area (Å²) in [5, 5.41) is 14.5. The lowest BCUT2D eigenvalue weighted by Gasteiger charge is -2.42. The highest BCUT2D eigenvalue weighted by Crippen LogP contribution is 2.38. The summed E-state index contributed by atoms with van der Waals surface area (Å²) in [4.78, 5) is 14.8. The number of sulfonamides is 1. The third kappa shape index (κ3) is 5.66. The Hall–Kier alpha value is -2.82. The third-order valence-corrected chi connectivity index (χ3v) is 8.95. The number of fused-ring (bicyclic) bond motifs is 3. The van der Waals surface area contributed by atoms with Crippen LogP contribution in [-0.2, 0) is 14.8 Å². The van der Waals surface area contributed by atoms with Gasteiger partial charge < -0.3 is 19.3 Å². The molecule has 2 heterocycles. The van der Waals surface area contributed by atoms with Gasteiger partial charge in [0.2, 0.25) is 10.0 Å². The van der Waals surface area contributed by atoms with Crippen LogP contribution in [0.25, 0.3) is 21.8 Å². The zero-order chi connectivity index (χ0) is 29.0. The van der Waals surface area contributed by atoms with E-state index >= 15 is 0 Å². The molecule has 0 saturated carbocycles. The first-order valence-corrected chi connectivity index (χ1v) is 15.1. The van der Waals surface area contributed by atoms with Crippen molar-refractivity contribution in [3.63, 3.8) is 0 Å². The Labute approximate surface area is 243 Å². The van der Waals surface area contributed by atoms with E-state index in [1.807, 2.05) is 35.8 Å². The molecule has 0 spiro atoms. The first-order valence-electron chi connectivity index (χ1n) is 12.9. The molecule has 4 aromatic rings. The number of aliphatic hydroxyl groups is 1. The predicted molar refractivity (Wildman–Crippen MR) is 158 cm³/mol. The van der Waals surface area contributed by atoms with E-state index in [4.69, 9.17) is 27.9 Å². The summed E-state index contributed by atoms with van der Waals surface area (Å²) in [7, 11) is -4.02. The molecule has 1 fully saturated rings. The number of piperidine rings is 1. The number of hydrogen-bond acceptors (Lipinski definition) is 5. The van der Waals surface area contributed by atoms with E-state index in [1.165, 1.54) is 17.0 Å². The Morgan fingerprint density at radius 2 is 1.50 bits per heavy atom. The van der Waals surface area contributed by atoms with Gasteiger partial charge in [0.25, 0.3) is 0 Å². The number of carbonyl (C=O) groups excluding carboxylic acids is 1. The lowest BCUT2D eigenvalue weighted by Crippen LogP contribution is -2.60. The summed E-state index contributed by atoms with van der Waals surface area (Å²) in [5.74, 6) is 0. The molecule has 5 rings (SSSR count). The van der Waals surface area contributed by atoms with Crippen molar-refractivity contribution in [2.24, 2.45) is 0 Å². The number of aromatic nitrogens is 1. The number of benzene rings is 3. The number of ether oxygens (including phenoxy) is 1. The number of nitrogens with zero attached hydrogens (tertiary/aromatic N) is 2. The molecule has 3 atom stereocenters. The molecule has 1 aromatic heterocycles. The van der Waals surface area contributed by atoms with Gasteiger partial charge in [0.1, 0.15) is 5.60 Å². The monoisotopic (exact) mass is 603 g/mol. The van der Waals surface area contributed by atoms with Crippen LogP contribution in [0.4, 0.5) is 4.79 Å². The molecule has 0 bridgehead atoms. The molecule has 11 heteroatoms. The van der Waals surface area contributed by atoms with Gasteiger partial charge in [-0.05, 0) is 76.2 Å². The van der Waals surface area contributed by atoms with Crippen molar-refractivity contribution in [1.82, 2.24) is 14.2 Å². The summed E-state index contributed by atoms with van der Waals surface area (Å²) in [6.45, 7) is 7.16. The molecular weight excluding hydrogens is 573 g/mol. The van der Waals surface area contributed by atoms with Crippen LogP contribution in [0.15, 0.2) is 65.6 Å². The maximum atomic E-state index is 13.4. The second-order valence-corrected chi connectivity index (χ2v) is 13.8. The molecular formula is C29H31Cl2N3O5S. The number of halogens is 2. The van der Waals surface area contributed by atoms with Gasteiger partial charge in [0, 0.05) is 44.9 Å². The minimum Gasteiger partial charge on any atom is -0.444 e. The molecule has 40 heavy (non-hydrogen) atoms. The van der Waals surface area contributed by atoms with Gasteiger partial charge in [-0.3, -0.25) is 0 Å². The maximum Gasteiger partial charge on any atom is 0.410 e. The van der Waals surface area contributed by atoms with E-state index < -0.39 is 39.9 Å². The van der Waals surface area contributed by atoms with Crippen molar-refractivity contribution in [3.8, 4) is 0 Å². The summed E-state index contributed by atoms with van der Waals surface area (Å²) in [6.07, 6.45) is -1.79. The van der Waals surface area contributed by atoms with Gasteiger partial charge in [-0.2, -0.15) is 0 Å². The van der Waals surface area contributed by atoms with Crippen molar-refractivity contribution in [3.05, 3.63) is 76.3 Å². The van der Waals surface area contributed by atoms with Gasteiger partial charge >= 0.3 is 6.09 Å². The van der Waals surface area contributed by atoms with Crippen molar-refractivity contribution < 1.29 is 23.1 Å². The first-order chi connectivity index (χ1) is 18.7. The van der Waals surface area contributed by atoms with Crippen molar-refractivity contribution in [2.75, 3.05) is 13.1 Å². The van der Waals surface area contributed by atoms with Gasteiger partial charge in [0.05, 0.1) is 23.1 Å². The van der Waals surface area contributed by atoms with E-state index in [-0.39, 0.29) is 18.0 Å². The normalized spacial score (nSPS) is 20.3. The highest BCUT2D eigenvalue weighted by molar-refractivity contribution is 7.89. The van der Waals surface area contributed by atoms with Crippen LogP contribution in [0, 0.1) is 6.92 Å². The number of hydrogen-bond donors (Lipinski definition) is 2. The largest absolute Gasteiger partial charge is 0.444 e. The molecule has 0 aliphatic carbocycles. The number of nitrogens with one attached hydrogen (secondary N) is 1. The second-order valence-electron chi connectivity index (χ2n) is 11.2. The molecule has 0 unspecified atom stereocenters. The van der Waals surface area contributed by atoms with Gasteiger partial charge in [-0.25, -0.2) is 17.9 Å². The molecule has 8 nitrogen and oxygen atoms in total. The fourth-order valence-corrected chi connectivity index (χ4v) is 6.77. The number of carbonyl (C=O) groups is 1. The molecule has 3 aromatic carbocycles. The standard InChI is InChI=1S/C29H31Cl2N3O5S/c1-17-5-9-20(10-6-17)40(37,38)32-23-15-33(28(36)39-29(2,3)4)16-26(27(23)35)34-24-11-7-18(30)13-21(24)22-14-19(31)8-12-25(22)34/h5-14,23,26-27,32,35H,15-16H2,1-4H3/t23-,26+,27+/m1/s1. The SMILES string of the molecule is Cc1ccc(S(=O)(=O)N[C@@H]2CN(C(=O)OC(C)(C)C)C[C@H](n3c4ccc(Cl)cc4c4cc(Cl)ccc43)[C@H]2O)cc1. The summed E-state index contributed by atoms with van der Waals surface area (Å²) in [6, 6.07) is 15.5. The van der Waals surface area contributed by atoms with Crippen LogP contribution in [0.1, 0.15) is 32.4 Å². The van der Waals surface area contributed by atoms with Crippen molar-refractivity contribution >= 4 is 61.1 Å². The second kappa shape index (κ2) is 10.5. The van der Waals surface area contributed by atoms with Gasteiger partial charge in [-0.1, -0.05) is 40.9 Å². The van der Waals surface area contributed by atoms with Crippen LogP contribution >= 0.6 is 23.2 Å². The number of aryl methyl sites for hydroxylation is 1. The van der Waals surface area contributed by atoms with Crippen LogP contribution < -0.4 is 4.72 Å². The molecule has 0 radical (unpaired) electrons. The highest BCUT2D eigenvalue weighted by Gasteiger charge is 2.42. The molecule has 212 valence electrons. The number of likely N-dealkylation sites (tertiary alicyclic amines) is 1. The minimum atomic E-state index is -4.02. The first kappa shape index (κ1) is 28.7. The number of amides is 1. The number of rotatable bonds is 4. The Morgan fingerprint density at radius 1 is 0.950 bits per heavy atom. The van der Waals surface area contributed by atoms with Crippen LogP contribution in [0.2, 0.25) is 10.0 Å². The van der Waals surface area contributed by atoms with Crippen LogP contribution in [0.3, 0.4) is 0 Å². The zero-order valence-electron chi connectivity index (χ0n) is 22.6. The van der Waals surface area contributed by atoms with Gasteiger partial charge in [0.15, 0.2) is 0 Å². The molecule has 1 aliphatic rings. The Balaban J connectivity index is 1.62. The lowest BCUT2D eigenvalue weighted by molar-refractivity contribution is -0.0147. The summed E-state index contributed by atoms with van der Waals surface area (Å²) >= 11 is 12.7. The van der Waals surface area contributed by atoms with Crippen molar-refractivity contribution in [2.45, 2.75) is 56.4 Å². The molecule has 1 amide bonds. The minimum absolute atomic E-state index is 0.0670. The topological polar surface area (TPSA) is 101 Å². The van der Waals surface area contributed by atoms with Gasteiger partial charge in [-0.15, -0.1) is 0 Å². The Bertz CT molecular complexity index is 1640. The molecule has 1 aliphatic heterocycles. The van der Waals surface area contributed by atoms with E-state index in [1.54, 1.807) is 45.0 Å². The summed E-state index contributed by atoms with van der Waals surface area (Å²) < 4.78 is 36.9. The predicted octanol–water partition coefficient (Wildman–Crippen LogP) is 5.91. The Morgan fingerprint density at radius 3 is 2.02 bits per heavy atom. The fraction of sp³-hybridized carbons (Fsp3) is 0.345. The quantitative estimate of drug-likeness (QED) is 0.302. The Kier molecular flexibility index (Phi) is 7.56. The highest BCUT2D eigenvalue weighted by atomic mass is 35.5. The summed E-state index contributed by atoms with van der Waals surface area (Å²) in [5.41, 5.74) is 1.67. The lowest BCUT2D eigenvalue weighted by atomic mass is 9.97. The van der Waals surface area contributed by atoms with E-state index in [0.29, 0.717) is 10.0 Å². The van der Waals surface area contributed by atoms with Crippen LogP contribution in [-0.4, -0.2) is 59.9 Å². The third-order valence-electron chi connectivity index (χ3n) is 6.98. The fourth-order valence-electron chi connectivity index (χ4n) is 5.18. The van der Waals surface area contributed by atoms with E-state index in [0.717, 1.165) is 27.4 Å². The maximum absolute atomic E-state index is 13.4. The average molecular weight is 605 g/mol. The zero-order valence-corrected chi connectivity index (χ0v) is 24.9. The van der Waals surface area contributed by atoms with E-state index in [2.05, 4.69) is 4.72 Å². The van der Waals surface area contributed by atoms with Crippen molar-refractivity contribution in [1.29, 1.82) is 0 Å². The number of aliphatic hydroxyl groups excluding tert-OH is 1.